The zero-order chi connectivity index (χ0) is 10.4. The number of nitrogens with zero attached hydrogens (tertiary/aromatic N) is 4. The van der Waals surface area contributed by atoms with Crippen LogP contribution in [0.2, 0.25) is 5.15 Å². The Kier molecular flexibility index (Phi) is 3.98. The fourth-order valence-electron chi connectivity index (χ4n) is 0.981. The molecule has 0 aliphatic carbocycles. The third-order valence-corrected chi connectivity index (χ3v) is 1.85. The molecule has 0 aliphatic rings. The van der Waals surface area contributed by atoms with Crippen LogP contribution in [-0.2, 0) is 0 Å². The molecule has 1 aromatic rings. The summed E-state index contributed by atoms with van der Waals surface area (Å²) in [6.07, 6.45) is 3.63. The number of aryl methyl sites for hydroxylation is 1. The molecule has 0 bridgehead atoms. The van der Waals surface area contributed by atoms with E-state index in [4.69, 9.17) is 17.1 Å². The van der Waals surface area contributed by atoms with Gasteiger partial charge in [-0.25, -0.2) is 4.98 Å². The van der Waals surface area contributed by atoms with Crippen molar-refractivity contribution in [2.24, 2.45) is 5.11 Å². The van der Waals surface area contributed by atoms with E-state index in [1.54, 1.807) is 12.1 Å². The first kappa shape index (κ1) is 10.6. The summed E-state index contributed by atoms with van der Waals surface area (Å²) in [4.78, 5) is 6.72. The minimum absolute atomic E-state index is 0.346. The lowest BCUT2D eigenvalue weighted by molar-refractivity contribution is 1.18. The van der Waals surface area contributed by atoms with Gasteiger partial charge in [0.05, 0.1) is 0 Å². The van der Waals surface area contributed by atoms with Gasteiger partial charge in [-0.05, 0) is 24.1 Å². The van der Waals surface area contributed by atoms with Gasteiger partial charge in [-0.15, -0.1) is 0 Å². The number of rotatable bonds is 3. The van der Waals surface area contributed by atoms with Crippen LogP contribution in [0.3, 0.4) is 0 Å². The molecule has 0 atom stereocenters. The van der Waals surface area contributed by atoms with Crippen LogP contribution in [0.4, 0.5) is 0 Å². The van der Waals surface area contributed by atoms with Crippen LogP contribution in [0.15, 0.2) is 23.3 Å². The number of hydrogen-bond donors (Lipinski definition) is 0. The maximum Gasteiger partial charge on any atom is 0.129 e. The molecule has 0 saturated carbocycles. The van der Waals surface area contributed by atoms with Crippen molar-refractivity contribution in [2.75, 3.05) is 6.54 Å². The Morgan fingerprint density at radius 1 is 1.64 bits per heavy atom. The van der Waals surface area contributed by atoms with E-state index in [0.717, 1.165) is 11.3 Å². The quantitative estimate of drug-likeness (QED) is 0.325. The maximum absolute atomic E-state index is 8.05. The fraction of sp³-hybridized carbons (Fsp3) is 0.222. The Balaban J connectivity index is 2.76. The van der Waals surface area contributed by atoms with Gasteiger partial charge in [0.2, 0.25) is 0 Å². The van der Waals surface area contributed by atoms with Gasteiger partial charge in [-0.1, -0.05) is 34.9 Å². The third-order valence-electron chi connectivity index (χ3n) is 1.64. The summed E-state index contributed by atoms with van der Waals surface area (Å²) in [6, 6.07) is 3.60. The molecule has 1 aromatic heterocycles. The molecular formula is C9H9ClN4. The Morgan fingerprint density at radius 3 is 3.07 bits per heavy atom. The molecule has 1 heterocycles. The molecule has 1 rings (SSSR count). The average molecular weight is 209 g/mol. The van der Waals surface area contributed by atoms with Crippen molar-refractivity contribution >= 4 is 17.7 Å². The van der Waals surface area contributed by atoms with E-state index in [-0.39, 0.29) is 0 Å². The average Bonchev–Trinajstić information content (AvgIpc) is 2.15. The van der Waals surface area contributed by atoms with E-state index in [1.165, 1.54) is 0 Å². The van der Waals surface area contributed by atoms with E-state index in [1.807, 2.05) is 19.1 Å². The molecular weight excluding hydrogens is 200 g/mol. The van der Waals surface area contributed by atoms with Crippen LogP contribution in [0.5, 0.6) is 0 Å². The summed E-state index contributed by atoms with van der Waals surface area (Å²) in [7, 11) is 0. The highest BCUT2D eigenvalue weighted by atomic mass is 35.5. The third kappa shape index (κ3) is 3.09. The summed E-state index contributed by atoms with van der Waals surface area (Å²) in [5, 5.41) is 3.86. The highest BCUT2D eigenvalue weighted by Gasteiger charge is 1.95. The molecule has 0 radical (unpaired) electrons. The van der Waals surface area contributed by atoms with Crippen molar-refractivity contribution < 1.29 is 0 Å². The second kappa shape index (κ2) is 5.27. The lowest BCUT2D eigenvalue weighted by Crippen LogP contribution is -1.86. The Labute approximate surface area is 86.9 Å². The molecule has 0 amide bonds. The zero-order valence-electron chi connectivity index (χ0n) is 7.68. The van der Waals surface area contributed by atoms with Gasteiger partial charge in [0.25, 0.3) is 0 Å². The van der Waals surface area contributed by atoms with E-state index in [0.29, 0.717) is 11.7 Å². The summed E-state index contributed by atoms with van der Waals surface area (Å²) in [5.74, 6) is 0. The number of azide groups is 1. The lowest BCUT2D eigenvalue weighted by Gasteiger charge is -1.98. The summed E-state index contributed by atoms with van der Waals surface area (Å²) < 4.78 is 0. The van der Waals surface area contributed by atoms with Gasteiger partial charge in [-0.2, -0.15) is 0 Å². The smallest absolute Gasteiger partial charge is 0.129 e. The molecule has 0 fully saturated rings. The van der Waals surface area contributed by atoms with Crippen LogP contribution >= 0.6 is 11.6 Å². The van der Waals surface area contributed by atoms with E-state index >= 15 is 0 Å². The van der Waals surface area contributed by atoms with Gasteiger partial charge in [0, 0.05) is 17.2 Å². The molecule has 0 unspecified atom stereocenters. The summed E-state index contributed by atoms with van der Waals surface area (Å²) in [5.41, 5.74) is 9.88. The molecule has 0 N–H and O–H groups in total. The lowest BCUT2D eigenvalue weighted by atomic mass is 10.2. The molecule has 0 spiro atoms. The molecule has 0 aliphatic heterocycles. The molecule has 5 heteroatoms. The van der Waals surface area contributed by atoms with Crippen LogP contribution in [0.25, 0.3) is 16.5 Å². The van der Waals surface area contributed by atoms with E-state index in [9.17, 15) is 0 Å². The molecule has 4 nitrogen and oxygen atoms in total. The number of pyridine rings is 1. The topological polar surface area (TPSA) is 61.7 Å². The van der Waals surface area contributed by atoms with E-state index in [2.05, 4.69) is 15.0 Å². The first-order valence-electron chi connectivity index (χ1n) is 4.04. The van der Waals surface area contributed by atoms with Gasteiger partial charge < -0.3 is 0 Å². The van der Waals surface area contributed by atoms with Crippen molar-refractivity contribution in [1.82, 2.24) is 4.98 Å². The van der Waals surface area contributed by atoms with Gasteiger partial charge >= 0.3 is 0 Å². The van der Waals surface area contributed by atoms with Gasteiger partial charge in [0.15, 0.2) is 0 Å². The van der Waals surface area contributed by atoms with Crippen molar-refractivity contribution in [1.29, 1.82) is 0 Å². The second-order valence-electron chi connectivity index (χ2n) is 2.62. The van der Waals surface area contributed by atoms with Crippen LogP contribution < -0.4 is 0 Å². The standard InChI is InChI=1S/C9H9ClN4/c1-7-8(3-2-6-12-14-11)4-5-9(10)13-7/h2-5H,6H2,1H3. The number of hydrogen-bond acceptors (Lipinski definition) is 2. The SMILES string of the molecule is Cc1nc(Cl)ccc1C=CCN=[N+]=[N-]. The maximum atomic E-state index is 8.05. The fourth-order valence-corrected chi connectivity index (χ4v) is 1.17. The molecule has 0 saturated heterocycles. The first-order valence-corrected chi connectivity index (χ1v) is 4.42. The van der Waals surface area contributed by atoms with Crippen LogP contribution in [-0.4, -0.2) is 11.5 Å². The van der Waals surface area contributed by atoms with Crippen molar-refractivity contribution in [3.63, 3.8) is 0 Å². The monoisotopic (exact) mass is 208 g/mol. The van der Waals surface area contributed by atoms with Crippen LogP contribution in [0, 0.1) is 6.92 Å². The summed E-state index contributed by atoms with van der Waals surface area (Å²) in [6.45, 7) is 2.22. The predicted molar refractivity (Wildman–Crippen MR) is 57.0 cm³/mol. The van der Waals surface area contributed by atoms with Gasteiger partial charge in [0.1, 0.15) is 5.15 Å². The Bertz CT molecular complexity index is 394. The molecule has 14 heavy (non-hydrogen) atoms. The molecule has 0 aromatic carbocycles. The van der Waals surface area contributed by atoms with Crippen LogP contribution in [0.1, 0.15) is 11.3 Å². The van der Waals surface area contributed by atoms with E-state index < -0.39 is 0 Å². The highest BCUT2D eigenvalue weighted by Crippen LogP contribution is 2.11. The minimum Gasteiger partial charge on any atom is -0.241 e. The Hall–Kier alpha value is -1.51. The second-order valence-corrected chi connectivity index (χ2v) is 3.01. The normalized spacial score (nSPS) is 10.1. The first-order chi connectivity index (χ1) is 6.74. The number of aromatic nitrogens is 1. The minimum atomic E-state index is 0.346. The largest absolute Gasteiger partial charge is 0.241 e. The van der Waals surface area contributed by atoms with Crippen molar-refractivity contribution in [2.45, 2.75) is 6.92 Å². The highest BCUT2D eigenvalue weighted by molar-refractivity contribution is 6.29. The predicted octanol–water partition coefficient (Wildman–Crippen LogP) is 3.37. The molecule has 72 valence electrons. The van der Waals surface area contributed by atoms with Gasteiger partial charge in [-0.3, -0.25) is 0 Å². The van der Waals surface area contributed by atoms with Crippen molar-refractivity contribution in [3.05, 3.63) is 45.1 Å². The van der Waals surface area contributed by atoms with Crippen molar-refractivity contribution in [3.8, 4) is 0 Å². The number of halogens is 1. The zero-order valence-corrected chi connectivity index (χ0v) is 8.44. The Morgan fingerprint density at radius 2 is 2.43 bits per heavy atom. The summed E-state index contributed by atoms with van der Waals surface area (Å²) >= 11 is 5.70.